The van der Waals surface area contributed by atoms with Crippen molar-refractivity contribution in [2.45, 2.75) is 24.5 Å². The number of halogens is 1. The fourth-order valence-corrected chi connectivity index (χ4v) is 3.09. The fourth-order valence-electron chi connectivity index (χ4n) is 1.49. The van der Waals surface area contributed by atoms with Crippen LogP contribution in [0.1, 0.15) is 30.2 Å². The Labute approximate surface area is 90.6 Å². The van der Waals surface area contributed by atoms with Gasteiger partial charge in [-0.25, -0.2) is 0 Å². The number of hydrogen-bond acceptors (Lipinski definition) is 3. The molecule has 1 aromatic rings. The second-order valence-corrected chi connectivity index (χ2v) is 5.38. The lowest BCUT2D eigenvalue weighted by atomic mass is 10.1. The molecule has 0 bridgehead atoms. The van der Waals surface area contributed by atoms with Crippen molar-refractivity contribution in [2.75, 3.05) is 5.75 Å². The second kappa shape index (κ2) is 4.42. The molecular weight excluding hydrogens is 248 g/mol. The first-order valence-corrected chi connectivity index (χ1v) is 6.30. The number of rotatable bonds is 1. The monoisotopic (exact) mass is 258 g/mol. The Morgan fingerprint density at radius 1 is 1.46 bits per heavy atom. The van der Waals surface area contributed by atoms with Gasteiger partial charge in [0.15, 0.2) is 0 Å². The standard InChI is InChI=1S/C9H11BrN2S/c10-7-5-8(12-11-6-7)9-3-1-2-4-13-9/h5-6,9H,1-4H2. The first-order valence-electron chi connectivity index (χ1n) is 4.46. The summed E-state index contributed by atoms with van der Waals surface area (Å²) in [5.74, 6) is 1.26. The first-order chi connectivity index (χ1) is 6.36. The highest BCUT2D eigenvalue weighted by molar-refractivity contribution is 9.10. The smallest absolute Gasteiger partial charge is 0.0772 e. The predicted molar refractivity (Wildman–Crippen MR) is 58.8 cm³/mol. The molecule has 1 aliphatic rings. The summed E-state index contributed by atoms with van der Waals surface area (Å²) in [5, 5.41) is 8.68. The molecular formula is C9H11BrN2S. The van der Waals surface area contributed by atoms with E-state index in [1.165, 1.54) is 25.0 Å². The van der Waals surface area contributed by atoms with E-state index in [2.05, 4.69) is 32.2 Å². The molecule has 1 unspecified atom stereocenters. The van der Waals surface area contributed by atoms with Gasteiger partial charge in [0, 0.05) is 9.72 Å². The summed E-state index contributed by atoms with van der Waals surface area (Å²) in [4.78, 5) is 0. The van der Waals surface area contributed by atoms with Crippen molar-refractivity contribution in [1.29, 1.82) is 0 Å². The Morgan fingerprint density at radius 3 is 3.08 bits per heavy atom. The predicted octanol–water partition coefficient (Wildman–Crippen LogP) is 3.20. The van der Waals surface area contributed by atoms with Gasteiger partial charge >= 0.3 is 0 Å². The minimum Gasteiger partial charge on any atom is -0.158 e. The maximum atomic E-state index is 4.16. The van der Waals surface area contributed by atoms with Crippen LogP contribution >= 0.6 is 27.7 Å². The van der Waals surface area contributed by atoms with E-state index in [0.717, 1.165) is 10.2 Å². The normalized spacial score (nSPS) is 23.0. The molecule has 4 heteroatoms. The van der Waals surface area contributed by atoms with E-state index in [4.69, 9.17) is 0 Å². The lowest BCUT2D eigenvalue weighted by molar-refractivity contribution is 0.668. The van der Waals surface area contributed by atoms with Gasteiger partial charge in [-0.1, -0.05) is 6.42 Å². The first kappa shape index (κ1) is 9.46. The number of hydrogen-bond donors (Lipinski definition) is 0. The topological polar surface area (TPSA) is 25.8 Å². The molecule has 0 aromatic carbocycles. The zero-order valence-electron chi connectivity index (χ0n) is 7.24. The molecule has 0 saturated carbocycles. The molecule has 0 spiro atoms. The number of aromatic nitrogens is 2. The van der Waals surface area contributed by atoms with Crippen LogP contribution in [0.2, 0.25) is 0 Å². The zero-order valence-corrected chi connectivity index (χ0v) is 9.64. The molecule has 2 heterocycles. The van der Waals surface area contributed by atoms with Gasteiger partial charge in [0.2, 0.25) is 0 Å². The van der Waals surface area contributed by atoms with E-state index in [0.29, 0.717) is 5.25 Å². The third-order valence-corrected chi connectivity index (χ3v) is 3.99. The van der Waals surface area contributed by atoms with Crippen LogP contribution < -0.4 is 0 Å². The summed E-state index contributed by atoms with van der Waals surface area (Å²) in [6.45, 7) is 0. The molecule has 1 atom stereocenters. The maximum Gasteiger partial charge on any atom is 0.0772 e. The Morgan fingerprint density at radius 2 is 2.38 bits per heavy atom. The number of nitrogens with zero attached hydrogens (tertiary/aromatic N) is 2. The molecule has 1 fully saturated rings. The molecule has 70 valence electrons. The van der Waals surface area contributed by atoms with Gasteiger partial charge in [-0.2, -0.15) is 22.0 Å². The van der Waals surface area contributed by atoms with Gasteiger partial charge < -0.3 is 0 Å². The summed E-state index contributed by atoms with van der Waals surface area (Å²) >= 11 is 5.42. The minimum absolute atomic E-state index is 0.568. The number of thioether (sulfide) groups is 1. The van der Waals surface area contributed by atoms with Crippen LogP contribution in [0.25, 0.3) is 0 Å². The van der Waals surface area contributed by atoms with E-state index in [1.807, 2.05) is 11.8 Å². The van der Waals surface area contributed by atoms with Crippen molar-refractivity contribution in [3.8, 4) is 0 Å². The molecule has 0 aliphatic carbocycles. The van der Waals surface area contributed by atoms with Crippen molar-refractivity contribution in [3.63, 3.8) is 0 Å². The molecule has 2 rings (SSSR count). The molecule has 0 radical (unpaired) electrons. The summed E-state index contributed by atoms with van der Waals surface area (Å²) < 4.78 is 1.03. The van der Waals surface area contributed by atoms with Crippen molar-refractivity contribution in [3.05, 3.63) is 22.4 Å². The summed E-state index contributed by atoms with van der Waals surface area (Å²) in [6.07, 6.45) is 5.65. The highest BCUT2D eigenvalue weighted by Gasteiger charge is 2.17. The van der Waals surface area contributed by atoms with Gasteiger partial charge in [0.1, 0.15) is 0 Å². The van der Waals surface area contributed by atoms with E-state index < -0.39 is 0 Å². The third-order valence-electron chi connectivity index (χ3n) is 2.15. The van der Waals surface area contributed by atoms with Crippen LogP contribution in [0.15, 0.2) is 16.7 Å². The molecule has 2 nitrogen and oxygen atoms in total. The quantitative estimate of drug-likeness (QED) is 0.774. The highest BCUT2D eigenvalue weighted by atomic mass is 79.9. The molecule has 1 aliphatic heterocycles. The maximum absolute atomic E-state index is 4.16. The Balaban J connectivity index is 2.14. The van der Waals surface area contributed by atoms with E-state index in [9.17, 15) is 0 Å². The van der Waals surface area contributed by atoms with Crippen molar-refractivity contribution >= 4 is 27.7 Å². The van der Waals surface area contributed by atoms with Crippen LogP contribution in [0.5, 0.6) is 0 Å². The van der Waals surface area contributed by atoms with Gasteiger partial charge in [-0.3, -0.25) is 0 Å². The van der Waals surface area contributed by atoms with Crippen LogP contribution in [-0.4, -0.2) is 16.0 Å². The lowest BCUT2D eigenvalue weighted by Crippen LogP contribution is -2.04. The van der Waals surface area contributed by atoms with E-state index in [1.54, 1.807) is 6.20 Å². The SMILES string of the molecule is Brc1cnnc(C2CCCCS2)c1. The average molecular weight is 259 g/mol. The van der Waals surface area contributed by atoms with Crippen LogP contribution in [0, 0.1) is 0 Å². The third kappa shape index (κ3) is 2.44. The Kier molecular flexibility index (Phi) is 3.22. The summed E-state index contributed by atoms with van der Waals surface area (Å²) in [7, 11) is 0. The average Bonchev–Trinajstić information content (AvgIpc) is 2.19. The van der Waals surface area contributed by atoms with Gasteiger partial charge in [-0.15, -0.1) is 0 Å². The fraction of sp³-hybridized carbons (Fsp3) is 0.556. The highest BCUT2D eigenvalue weighted by Crippen LogP contribution is 2.37. The zero-order chi connectivity index (χ0) is 9.10. The summed E-state index contributed by atoms with van der Waals surface area (Å²) in [5.41, 5.74) is 1.12. The van der Waals surface area contributed by atoms with Gasteiger partial charge in [-0.05, 0) is 40.6 Å². The van der Waals surface area contributed by atoms with Crippen LogP contribution in [0.3, 0.4) is 0 Å². The lowest BCUT2D eigenvalue weighted by Gasteiger charge is -2.19. The van der Waals surface area contributed by atoms with Crippen LogP contribution in [0.4, 0.5) is 0 Å². The Bertz CT molecular complexity index is 287. The largest absolute Gasteiger partial charge is 0.158 e. The minimum atomic E-state index is 0.568. The summed E-state index contributed by atoms with van der Waals surface area (Å²) in [6, 6.07) is 2.08. The van der Waals surface area contributed by atoms with Crippen molar-refractivity contribution in [2.24, 2.45) is 0 Å². The molecule has 13 heavy (non-hydrogen) atoms. The molecule has 0 N–H and O–H groups in total. The van der Waals surface area contributed by atoms with Crippen molar-refractivity contribution in [1.82, 2.24) is 10.2 Å². The molecule has 1 saturated heterocycles. The van der Waals surface area contributed by atoms with E-state index in [-0.39, 0.29) is 0 Å². The Hall–Kier alpha value is -0.0900. The van der Waals surface area contributed by atoms with Gasteiger partial charge in [0.25, 0.3) is 0 Å². The van der Waals surface area contributed by atoms with Crippen LogP contribution in [-0.2, 0) is 0 Å². The van der Waals surface area contributed by atoms with E-state index >= 15 is 0 Å². The molecule has 1 aromatic heterocycles. The second-order valence-electron chi connectivity index (χ2n) is 3.15. The molecule has 0 amide bonds. The van der Waals surface area contributed by atoms with Gasteiger partial charge in [0.05, 0.1) is 11.9 Å². The van der Waals surface area contributed by atoms with Crippen molar-refractivity contribution < 1.29 is 0 Å².